The molecule has 0 fully saturated rings. The number of nitrogens with zero attached hydrogens (tertiary/aromatic N) is 2. The quantitative estimate of drug-likeness (QED) is 0.425. The van der Waals surface area contributed by atoms with Crippen LogP contribution in [-0.4, -0.2) is 22.3 Å². The molecule has 3 aromatic carbocycles. The van der Waals surface area contributed by atoms with Crippen molar-refractivity contribution < 1.29 is 9.18 Å². The first kappa shape index (κ1) is 16.7. The highest BCUT2D eigenvalue weighted by Crippen LogP contribution is 2.23. The van der Waals surface area contributed by atoms with E-state index in [1.165, 1.54) is 18.3 Å². The number of nitrogens with one attached hydrogen (secondary N) is 2. The van der Waals surface area contributed by atoms with Crippen LogP contribution in [0.3, 0.4) is 0 Å². The van der Waals surface area contributed by atoms with Gasteiger partial charge in [0, 0.05) is 5.56 Å². The molecule has 1 heterocycles. The van der Waals surface area contributed by atoms with Crippen LogP contribution in [0.4, 0.5) is 4.39 Å². The molecular formula is C21H15FN4O. The van der Waals surface area contributed by atoms with Crippen molar-refractivity contribution in [2.75, 3.05) is 0 Å². The van der Waals surface area contributed by atoms with E-state index in [1.54, 1.807) is 18.2 Å². The normalized spacial score (nSPS) is 11.1. The number of halogens is 1. The van der Waals surface area contributed by atoms with Crippen molar-refractivity contribution in [2.45, 2.75) is 0 Å². The minimum absolute atomic E-state index is 0.287. The molecule has 4 rings (SSSR count). The van der Waals surface area contributed by atoms with Crippen molar-refractivity contribution in [3.8, 4) is 11.3 Å². The predicted molar refractivity (Wildman–Crippen MR) is 103 cm³/mol. The SMILES string of the molecule is O=C(N/N=C\c1cccc(F)c1)c1cc(-c2ccc3ccccc3c2)n[nH]1. The maximum absolute atomic E-state index is 13.1. The van der Waals surface area contributed by atoms with E-state index in [0.29, 0.717) is 11.3 Å². The van der Waals surface area contributed by atoms with Crippen LogP contribution in [0, 0.1) is 5.82 Å². The van der Waals surface area contributed by atoms with Crippen molar-refractivity contribution in [1.29, 1.82) is 0 Å². The van der Waals surface area contributed by atoms with Gasteiger partial charge >= 0.3 is 0 Å². The molecule has 0 aliphatic rings. The van der Waals surface area contributed by atoms with Crippen LogP contribution in [0.15, 0.2) is 77.9 Å². The number of fused-ring (bicyclic) bond motifs is 1. The number of H-pyrrole nitrogens is 1. The van der Waals surface area contributed by atoms with Crippen molar-refractivity contribution >= 4 is 22.9 Å². The molecule has 1 aromatic heterocycles. The summed E-state index contributed by atoms with van der Waals surface area (Å²) in [5.41, 5.74) is 4.81. The van der Waals surface area contributed by atoms with E-state index in [4.69, 9.17) is 0 Å². The standard InChI is InChI=1S/C21H15FN4O/c22-18-7-3-4-14(10-18)13-23-26-21(27)20-12-19(24-25-20)17-9-8-15-5-1-2-6-16(15)11-17/h1-13H,(H,24,25)(H,26,27)/b23-13-. The number of amides is 1. The molecule has 4 aromatic rings. The number of hydrogen-bond acceptors (Lipinski definition) is 3. The zero-order valence-electron chi connectivity index (χ0n) is 14.2. The fourth-order valence-electron chi connectivity index (χ4n) is 2.75. The summed E-state index contributed by atoms with van der Waals surface area (Å²) in [5, 5.41) is 13.0. The second-order valence-corrected chi connectivity index (χ2v) is 5.98. The van der Waals surface area contributed by atoms with Gasteiger partial charge in [-0.2, -0.15) is 10.2 Å². The first-order chi connectivity index (χ1) is 13.2. The summed E-state index contributed by atoms with van der Waals surface area (Å²) in [4.78, 5) is 12.2. The molecule has 132 valence electrons. The van der Waals surface area contributed by atoms with Crippen LogP contribution < -0.4 is 5.43 Å². The van der Waals surface area contributed by atoms with Gasteiger partial charge < -0.3 is 0 Å². The number of aromatic amines is 1. The molecule has 0 saturated carbocycles. The molecule has 2 N–H and O–H groups in total. The Morgan fingerprint density at radius 1 is 1.00 bits per heavy atom. The van der Waals surface area contributed by atoms with Crippen LogP contribution in [0.5, 0.6) is 0 Å². The average molecular weight is 358 g/mol. The van der Waals surface area contributed by atoms with E-state index in [9.17, 15) is 9.18 Å². The number of rotatable bonds is 4. The second kappa shape index (κ2) is 7.21. The van der Waals surface area contributed by atoms with Gasteiger partial charge in [-0.15, -0.1) is 0 Å². The molecule has 0 aliphatic heterocycles. The summed E-state index contributed by atoms with van der Waals surface area (Å²) >= 11 is 0. The number of hydrogen-bond donors (Lipinski definition) is 2. The van der Waals surface area contributed by atoms with Crippen LogP contribution in [0.25, 0.3) is 22.0 Å². The predicted octanol–water partition coefficient (Wildman–Crippen LogP) is 4.13. The molecule has 0 radical (unpaired) electrons. The number of carbonyl (C=O) groups is 1. The molecule has 5 nitrogen and oxygen atoms in total. The molecule has 0 aliphatic carbocycles. The molecular weight excluding hydrogens is 343 g/mol. The lowest BCUT2D eigenvalue weighted by molar-refractivity contribution is 0.0950. The Balaban J connectivity index is 1.48. The van der Waals surface area contributed by atoms with Gasteiger partial charge in [0.1, 0.15) is 11.5 Å². The molecule has 0 unspecified atom stereocenters. The van der Waals surface area contributed by atoms with Gasteiger partial charge in [-0.05, 0) is 40.6 Å². The van der Waals surface area contributed by atoms with Gasteiger partial charge in [0.05, 0.1) is 11.9 Å². The van der Waals surface area contributed by atoms with E-state index in [-0.39, 0.29) is 11.5 Å². The topological polar surface area (TPSA) is 70.1 Å². The Morgan fingerprint density at radius 2 is 1.85 bits per heavy atom. The highest BCUT2D eigenvalue weighted by molar-refractivity contribution is 5.94. The molecule has 0 atom stereocenters. The lowest BCUT2D eigenvalue weighted by Crippen LogP contribution is -2.18. The van der Waals surface area contributed by atoms with Gasteiger partial charge in [0.2, 0.25) is 0 Å². The summed E-state index contributed by atoms with van der Waals surface area (Å²) in [7, 11) is 0. The van der Waals surface area contributed by atoms with Crippen LogP contribution in [0.1, 0.15) is 16.1 Å². The average Bonchev–Trinajstić information content (AvgIpc) is 3.18. The van der Waals surface area contributed by atoms with E-state index in [0.717, 1.165) is 16.3 Å². The fraction of sp³-hybridized carbons (Fsp3) is 0. The lowest BCUT2D eigenvalue weighted by atomic mass is 10.1. The Hall–Kier alpha value is -3.80. The summed E-state index contributed by atoms with van der Waals surface area (Å²) in [5.74, 6) is -0.791. The van der Waals surface area contributed by atoms with E-state index >= 15 is 0 Å². The van der Waals surface area contributed by atoms with Crippen LogP contribution in [0.2, 0.25) is 0 Å². The van der Waals surface area contributed by atoms with E-state index in [2.05, 4.69) is 20.7 Å². The third-order valence-electron chi connectivity index (χ3n) is 4.10. The highest BCUT2D eigenvalue weighted by Gasteiger charge is 2.10. The summed E-state index contributed by atoms with van der Waals surface area (Å²) < 4.78 is 13.1. The maximum atomic E-state index is 13.1. The van der Waals surface area contributed by atoms with Crippen LogP contribution in [-0.2, 0) is 0 Å². The summed E-state index contributed by atoms with van der Waals surface area (Å²) in [6.45, 7) is 0. The van der Waals surface area contributed by atoms with E-state index < -0.39 is 5.91 Å². The molecule has 27 heavy (non-hydrogen) atoms. The monoisotopic (exact) mass is 358 g/mol. The first-order valence-electron chi connectivity index (χ1n) is 8.32. The number of hydrazone groups is 1. The Kier molecular flexibility index (Phi) is 4.45. The number of aromatic nitrogens is 2. The molecule has 6 heteroatoms. The smallest absolute Gasteiger partial charge is 0.272 e. The first-order valence-corrected chi connectivity index (χ1v) is 8.32. The highest BCUT2D eigenvalue weighted by atomic mass is 19.1. The van der Waals surface area contributed by atoms with Crippen molar-refractivity contribution in [1.82, 2.24) is 15.6 Å². The minimum atomic E-state index is -0.429. The lowest BCUT2D eigenvalue weighted by Gasteiger charge is -2.00. The summed E-state index contributed by atoms with van der Waals surface area (Å²) in [6, 6.07) is 21.6. The van der Waals surface area contributed by atoms with Crippen molar-refractivity contribution in [3.63, 3.8) is 0 Å². The molecule has 0 bridgehead atoms. The van der Waals surface area contributed by atoms with Crippen molar-refractivity contribution in [3.05, 3.63) is 89.9 Å². The third-order valence-corrected chi connectivity index (χ3v) is 4.10. The van der Waals surface area contributed by atoms with Crippen molar-refractivity contribution in [2.24, 2.45) is 5.10 Å². The zero-order valence-corrected chi connectivity index (χ0v) is 14.2. The Labute approximate surface area is 154 Å². The maximum Gasteiger partial charge on any atom is 0.289 e. The largest absolute Gasteiger partial charge is 0.289 e. The van der Waals surface area contributed by atoms with Gasteiger partial charge in [-0.1, -0.05) is 48.5 Å². The second-order valence-electron chi connectivity index (χ2n) is 5.98. The van der Waals surface area contributed by atoms with Gasteiger partial charge in [-0.25, -0.2) is 9.82 Å². The summed E-state index contributed by atoms with van der Waals surface area (Å²) in [6.07, 6.45) is 1.38. The molecule has 0 spiro atoms. The minimum Gasteiger partial charge on any atom is -0.272 e. The zero-order chi connectivity index (χ0) is 18.6. The number of benzene rings is 3. The molecule has 0 saturated heterocycles. The Bertz CT molecular complexity index is 1150. The van der Waals surface area contributed by atoms with Gasteiger partial charge in [-0.3, -0.25) is 9.89 Å². The number of carbonyl (C=O) groups excluding carboxylic acids is 1. The molecule has 1 amide bonds. The van der Waals surface area contributed by atoms with E-state index in [1.807, 2.05) is 42.5 Å². The van der Waals surface area contributed by atoms with Gasteiger partial charge in [0.15, 0.2) is 0 Å². The van der Waals surface area contributed by atoms with Crippen LogP contribution >= 0.6 is 0 Å². The van der Waals surface area contributed by atoms with Gasteiger partial charge in [0.25, 0.3) is 5.91 Å². The third kappa shape index (κ3) is 3.74. The Morgan fingerprint density at radius 3 is 2.70 bits per heavy atom. The fourth-order valence-corrected chi connectivity index (χ4v) is 2.75.